The SMILES string of the molecule is Cc1ccc(-c2oncc2C(=O)N2CC[C@@H](C3C=CC=NC3)C2)cc1. The van der Waals surface area contributed by atoms with Crippen molar-refractivity contribution in [1.82, 2.24) is 10.1 Å². The van der Waals surface area contributed by atoms with E-state index in [4.69, 9.17) is 4.52 Å². The lowest BCUT2D eigenvalue weighted by Crippen LogP contribution is -2.30. The van der Waals surface area contributed by atoms with E-state index < -0.39 is 0 Å². The molecule has 0 N–H and O–H groups in total. The second-order valence-electron chi connectivity index (χ2n) is 6.80. The molecular weight excluding hydrogens is 314 g/mol. The molecule has 128 valence electrons. The van der Waals surface area contributed by atoms with Gasteiger partial charge in [0.05, 0.1) is 6.20 Å². The van der Waals surface area contributed by atoms with E-state index in [1.807, 2.05) is 48.4 Å². The molecule has 0 spiro atoms. The molecule has 1 aromatic heterocycles. The normalized spacial score (nSPS) is 22.5. The third kappa shape index (κ3) is 3.14. The van der Waals surface area contributed by atoms with Crippen LogP contribution in [-0.2, 0) is 0 Å². The molecule has 0 radical (unpaired) electrons. The first-order valence-corrected chi connectivity index (χ1v) is 8.70. The Morgan fingerprint density at radius 1 is 1.28 bits per heavy atom. The van der Waals surface area contributed by atoms with Crippen LogP contribution in [0.1, 0.15) is 22.3 Å². The number of hydrogen-bond acceptors (Lipinski definition) is 4. The van der Waals surface area contributed by atoms with E-state index in [1.165, 1.54) is 11.8 Å². The van der Waals surface area contributed by atoms with E-state index in [0.717, 1.165) is 31.6 Å². The number of aryl methyl sites for hydroxylation is 1. The molecule has 1 aromatic carbocycles. The smallest absolute Gasteiger partial charge is 0.259 e. The fourth-order valence-corrected chi connectivity index (χ4v) is 3.60. The first kappa shape index (κ1) is 15.8. The van der Waals surface area contributed by atoms with Gasteiger partial charge < -0.3 is 9.42 Å². The third-order valence-electron chi connectivity index (χ3n) is 5.10. The molecule has 2 aliphatic heterocycles. The molecule has 4 rings (SSSR count). The lowest BCUT2D eigenvalue weighted by molar-refractivity contribution is 0.0785. The van der Waals surface area contributed by atoms with Crippen molar-refractivity contribution in [2.45, 2.75) is 13.3 Å². The van der Waals surface area contributed by atoms with Gasteiger partial charge in [-0.3, -0.25) is 9.79 Å². The zero-order valence-corrected chi connectivity index (χ0v) is 14.3. The Balaban J connectivity index is 1.51. The van der Waals surface area contributed by atoms with Crippen molar-refractivity contribution in [3.63, 3.8) is 0 Å². The van der Waals surface area contributed by atoms with Crippen molar-refractivity contribution < 1.29 is 9.32 Å². The second kappa shape index (κ2) is 6.67. The Kier molecular flexibility index (Phi) is 4.22. The van der Waals surface area contributed by atoms with Crippen molar-refractivity contribution >= 4 is 12.1 Å². The van der Waals surface area contributed by atoms with Crippen LogP contribution in [-0.4, -0.2) is 41.8 Å². The van der Waals surface area contributed by atoms with E-state index in [0.29, 0.717) is 23.2 Å². The number of dihydropyridines is 1. The summed E-state index contributed by atoms with van der Waals surface area (Å²) >= 11 is 0. The minimum absolute atomic E-state index is 0.00242. The van der Waals surface area contributed by atoms with E-state index in [-0.39, 0.29) is 5.91 Å². The van der Waals surface area contributed by atoms with Gasteiger partial charge in [-0.2, -0.15) is 0 Å². The van der Waals surface area contributed by atoms with Crippen LogP contribution in [0, 0.1) is 18.8 Å². The molecule has 5 nitrogen and oxygen atoms in total. The van der Waals surface area contributed by atoms with E-state index >= 15 is 0 Å². The third-order valence-corrected chi connectivity index (χ3v) is 5.10. The molecule has 5 heteroatoms. The van der Waals surface area contributed by atoms with Crippen LogP contribution in [0.15, 0.2) is 52.1 Å². The number of hydrogen-bond donors (Lipinski definition) is 0. The van der Waals surface area contributed by atoms with Crippen LogP contribution >= 0.6 is 0 Å². The van der Waals surface area contributed by atoms with Gasteiger partial charge in [0.2, 0.25) is 0 Å². The molecule has 0 aliphatic carbocycles. The highest BCUT2D eigenvalue weighted by molar-refractivity contribution is 5.99. The van der Waals surface area contributed by atoms with Crippen LogP contribution in [0.4, 0.5) is 0 Å². The molecule has 1 fully saturated rings. The van der Waals surface area contributed by atoms with Crippen LogP contribution in [0.25, 0.3) is 11.3 Å². The van der Waals surface area contributed by atoms with Crippen LogP contribution < -0.4 is 0 Å². The van der Waals surface area contributed by atoms with Crippen molar-refractivity contribution in [3.05, 3.63) is 53.7 Å². The van der Waals surface area contributed by atoms with Crippen molar-refractivity contribution in [2.24, 2.45) is 16.8 Å². The van der Waals surface area contributed by atoms with Gasteiger partial charge >= 0.3 is 0 Å². The first-order valence-electron chi connectivity index (χ1n) is 8.70. The van der Waals surface area contributed by atoms with Crippen molar-refractivity contribution in [1.29, 1.82) is 0 Å². The van der Waals surface area contributed by atoms with Gasteiger partial charge in [0.25, 0.3) is 5.91 Å². The fourth-order valence-electron chi connectivity index (χ4n) is 3.60. The highest BCUT2D eigenvalue weighted by atomic mass is 16.5. The summed E-state index contributed by atoms with van der Waals surface area (Å²) in [6.45, 7) is 4.40. The predicted octanol–water partition coefficient (Wildman–Crippen LogP) is 3.37. The summed E-state index contributed by atoms with van der Waals surface area (Å²) in [6, 6.07) is 7.94. The minimum Gasteiger partial charge on any atom is -0.355 e. The Bertz CT molecular complexity index is 820. The summed E-state index contributed by atoms with van der Waals surface area (Å²) in [5.74, 6) is 1.46. The summed E-state index contributed by atoms with van der Waals surface area (Å²) in [6.07, 6.45) is 8.62. The van der Waals surface area contributed by atoms with Crippen LogP contribution in [0.5, 0.6) is 0 Å². The lowest BCUT2D eigenvalue weighted by atomic mass is 9.90. The maximum atomic E-state index is 13.0. The highest BCUT2D eigenvalue weighted by Crippen LogP contribution is 2.30. The Hall–Kier alpha value is -2.69. The molecule has 2 atom stereocenters. The van der Waals surface area contributed by atoms with Crippen LogP contribution in [0.3, 0.4) is 0 Å². The molecule has 1 saturated heterocycles. The predicted molar refractivity (Wildman–Crippen MR) is 96.7 cm³/mol. The minimum atomic E-state index is 0.00242. The molecule has 25 heavy (non-hydrogen) atoms. The number of aromatic nitrogens is 1. The second-order valence-corrected chi connectivity index (χ2v) is 6.80. The summed E-state index contributed by atoms with van der Waals surface area (Å²) in [5.41, 5.74) is 2.59. The van der Waals surface area contributed by atoms with Crippen LogP contribution in [0.2, 0.25) is 0 Å². The lowest BCUT2D eigenvalue weighted by Gasteiger charge is -2.21. The number of amides is 1. The van der Waals surface area contributed by atoms with Gasteiger partial charge in [0.15, 0.2) is 5.76 Å². The standard InChI is InChI=1S/C20H21N3O2/c1-14-4-6-15(7-5-14)19-18(12-22-25-19)20(24)23-10-8-17(13-23)16-3-2-9-21-11-16/h2-7,9,12,16-17H,8,10-11,13H2,1H3/t16?,17-/m1/s1. The van der Waals surface area contributed by atoms with Gasteiger partial charge in [-0.15, -0.1) is 0 Å². The fraction of sp³-hybridized carbons (Fsp3) is 0.350. The quantitative estimate of drug-likeness (QED) is 0.864. The number of rotatable bonds is 3. The number of allylic oxidation sites excluding steroid dienone is 1. The molecule has 0 bridgehead atoms. The number of carbonyl (C=O) groups excluding carboxylic acids is 1. The molecule has 1 unspecified atom stereocenters. The maximum Gasteiger partial charge on any atom is 0.259 e. The number of aliphatic imine (C=N–C) groups is 1. The summed E-state index contributed by atoms with van der Waals surface area (Å²) in [7, 11) is 0. The monoisotopic (exact) mass is 335 g/mol. The first-order chi connectivity index (χ1) is 12.2. The van der Waals surface area contributed by atoms with E-state index in [2.05, 4.69) is 16.2 Å². The van der Waals surface area contributed by atoms with Gasteiger partial charge in [0, 0.05) is 37.3 Å². The average molecular weight is 335 g/mol. The zero-order valence-electron chi connectivity index (χ0n) is 14.3. The Morgan fingerprint density at radius 2 is 2.12 bits per heavy atom. The number of carbonyl (C=O) groups is 1. The largest absolute Gasteiger partial charge is 0.355 e. The van der Waals surface area contributed by atoms with Crippen molar-refractivity contribution in [3.8, 4) is 11.3 Å². The summed E-state index contributed by atoms with van der Waals surface area (Å²) in [5, 5.41) is 3.87. The van der Waals surface area contributed by atoms with E-state index in [9.17, 15) is 4.79 Å². The highest BCUT2D eigenvalue weighted by Gasteiger charge is 2.33. The topological polar surface area (TPSA) is 58.7 Å². The molecule has 3 heterocycles. The molecule has 2 aliphatic rings. The number of nitrogens with zero attached hydrogens (tertiary/aromatic N) is 3. The molecule has 0 saturated carbocycles. The zero-order chi connectivity index (χ0) is 17.2. The average Bonchev–Trinajstić information content (AvgIpc) is 3.32. The van der Waals surface area contributed by atoms with Gasteiger partial charge in [0.1, 0.15) is 5.56 Å². The summed E-state index contributed by atoms with van der Waals surface area (Å²) < 4.78 is 5.39. The molecular formula is C20H21N3O2. The number of likely N-dealkylation sites (tertiary alicyclic amines) is 1. The maximum absolute atomic E-state index is 13.0. The van der Waals surface area contributed by atoms with E-state index in [1.54, 1.807) is 0 Å². The van der Waals surface area contributed by atoms with Crippen molar-refractivity contribution in [2.75, 3.05) is 19.6 Å². The van der Waals surface area contributed by atoms with Gasteiger partial charge in [-0.1, -0.05) is 41.1 Å². The molecule has 2 aromatic rings. The van der Waals surface area contributed by atoms with Gasteiger partial charge in [-0.25, -0.2) is 0 Å². The number of benzene rings is 1. The van der Waals surface area contributed by atoms with Gasteiger partial charge in [-0.05, 0) is 25.3 Å². The Morgan fingerprint density at radius 3 is 2.88 bits per heavy atom. The molecule has 1 amide bonds. The Labute approximate surface area is 147 Å². The summed E-state index contributed by atoms with van der Waals surface area (Å²) in [4.78, 5) is 19.2.